The molecule has 72 valence electrons. The van der Waals surface area contributed by atoms with Crippen LogP contribution in [0.3, 0.4) is 0 Å². The lowest BCUT2D eigenvalue weighted by Gasteiger charge is -2.33. The number of rotatable bonds is 0. The van der Waals surface area contributed by atoms with Crippen LogP contribution in [0.15, 0.2) is 0 Å². The van der Waals surface area contributed by atoms with Gasteiger partial charge in [-0.1, -0.05) is 26.7 Å². The van der Waals surface area contributed by atoms with E-state index in [-0.39, 0.29) is 0 Å². The van der Waals surface area contributed by atoms with Crippen molar-refractivity contribution in [1.29, 1.82) is 0 Å². The molecule has 1 saturated heterocycles. The molecule has 1 aliphatic carbocycles. The highest BCUT2D eigenvalue weighted by Crippen LogP contribution is 2.42. The Morgan fingerprint density at radius 3 is 2.00 bits per heavy atom. The zero-order valence-electron chi connectivity index (χ0n) is 8.66. The van der Waals surface area contributed by atoms with Crippen LogP contribution < -0.4 is 5.32 Å². The maximum Gasteiger partial charge on any atom is 0.000781 e. The Morgan fingerprint density at radius 1 is 0.917 bits per heavy atom. The third kappa shape index (κ3) is 2.22. The van der Waals surface area contributed by atoms with E-state index in [4.69, 9.17) is 0 Å². The maximum absolute atomic E-state index is 3.52. The summed E-state index contributed by atoms with van der Waals surface area (Å²) in [6, 6.07) is 0. The fourth-order valence-corrected chi connectivity index (χ4v) is 2.58. The van der Waals surface area contributed by atoms with Crippen molar-refractivity contribution in [2.24, 2.45) is 5.41 Å². The zero-order valence-corrected chi connectivity index (χ0v) is 8.66. The average molecular weight is 169 g/mol. The van der Waals surface area contributed by atoms with E-state index < -0.39 is 0 Å². The Morgan fingerprint density at radius 2 is 1.50 bits per heavy atom. The van der Waals surface area contributed by atoms with E-state index in [1.807, 2.05) is 13.8 Å². The van der Waals surface area contributed by atoms with Gasteiger partial charge in [-0.25, -0.2) is 0 Å². The molecule has 1 nitrogen and oxygen atoms in total. The molecular weight excluding hydrogens is 146 g/mol. The van der Waals surface area contributed by atoms with E-state index in [2.05, 4.69) is 5.32 Å². The van der Waals surface area contributed by atoms with Crippen LogP contribution in [0.2, 0.25) is 0 Å². The first-order valence-electron chi connectivity index (χ1n) is 5.62. The summed E-state index contributed by atoms with van der Waals surface area (Å²) >= 11 is 0. The van der Waals surface area contributed by atoms with E-state index >= 15 is 0 Å². The zero-order chi connectivity index (χ0) is 8.86. The molecule has 2 aliphatic rings. The maximum atomic E-state index is 3.52. The normalized spacial score (nSPS) is 26.5. The molecule has 1 saturated carbocycles. The Hall–Kier alpha value is -0.0400. The molecule has 1 heterocycles. The predicted octanol–water partition coefficient (Wildman–Crippen LogP) is 2.96. The van der Waals surface area contributed by atoms with Crippen molar-refractivity contribution in [3.63, 3.8) is 0 Å². The van der Waals surface area contributed by atoms with Crippen LogP contribution in [0.5, 0.6) is 0 Å². The fraction of sp³-hybridized carbons (Fsp3) is 1.00. The first-order valence-corrected chi connectivity index (χ1v) is 5.62. The van der Waals surface area contributed by atoms with Gasteiger partial charge in [0.15, 0.2) is 0 Å². The van der Waals surface area contributed by atoms with Gasteiger partial charge in [-0.2, -0.15) is 0 Å². The lowest BCUT2D eigenvalue weighted by Crippen LogP contribution is -2.37. The van der Waals surface area contributed by atoms with Crippen LogP contribution in [0.1, 0.15) is 52.4 Å². The summed E-state index contributed by atoms with van der Waals surface area (Å²) in [7, 11) is 0. The van der Waals surface area contributed by atoms with Gasteiger partial charge in [-0.3, -0.25) is 0 Å². The lowest BCUT2D eigenvalue weighted by atomic mass is 9.79. The highest BCUT2D eigenvalue weighted by atomic mass is 14.9. The Kier molecular flexibility index (Phi) is 4.07. The van der Waals surface area contributed by atoms with Gasteiger partial charge < -0.3 is 5.32 Å². The van der Waals surface area contributed by atoms with Gasteiger partial charge in [0.05, 0.1) is 0 Å². The second kappa shape index (κ2) is 4.86. The minimum atomic E-state index is 0.762. The lowest BCUT2D eigenvalue weighted by molar-refractivity contribution is 0.217. The quantitative estimate of drug-likeness (QED) is 0.588. The molecule has 1 N–H and O–H groups in total. The monoisotopic (exact) mass is 169 g/mol. The van der Waals surface area contributed by atoms with Gasteiger partial charge in [0.2, 0.25) is 0 Å². The molecule has 0 bridgehead atoms. The highest BCUT2D eigenvalue weighted by molar-refractivity contribution is 4.89. The van der Waals surface area contributed by atoms with Crippen LogP contribution in [0.25, 0.3) is 0 Å². The van der Waals surface area contributed by atoms with Gasteiger partial charge in [0.1, 0.15) is 0 Å². The van der Waals surface area contributed by atoms with Gasteiger partial charge in [0.25, 0.3) is 0 Å². The predicted molar refractivity (Wildman–Crippen MR) is 54.4 cm³/mol. The minimum Gasteiger partial charge on any atom is -0.316 e. The highest BCUT2D eigenvalue weighted by Gasteiger charge is 2.34. The minimum absolute atomic E-state index is 0.762. The first kappa shape index (κ1) is 10.0. The SMILES string of the molecule is C1CCC2(C1)CCCNC2.CC. The Balaban J connectivity index is 0.000000336. The molecule has 2 fully saturated rings. The molecule has 0 amide bonds. The molecular formula is C11H23N. The van der Waals surface area contributed by atoms with Crippen LogP contribution in [-0.4, -0.2) is 13.1 Å². The van der Waals surface area contributed by atoms with E-state index in [1.54, 1.807) is 0 Å². The standard InChI is InChI=1S/C9H17N.C2H6/c1-2-5-9(4-1)6-3-7-10-8-9;1-2/h10H,1-8H2;1-2H3. The van der Waals surface area contributed by atoms with Crippen molar-refractivity contribution < 1.29 is 0 Å². The van der Waals surface area contributed by atoms with Crippen LogP contribution in [0, 0.1) is 5.41 Å². The summed E-state index contributed by atoms with van der Waals surface area (Å²) in [6.45, 7) is 6.58. The van der Waals surface area contributed by atoms with Crippen molar-refractivity contribution in [1.82, 2.24) is 5.32 Å². The Bertz CT molecular complexity index is 106. The van der Waals surface area contributed by atoms with Crippen molar-refractivity contribution in [3.8, 4) is 0 Å². The van der Waals surface area contributed by atoms with Gasteiger partial charge in [-0.05, 0) is 37.6 Å². The van der Waals surface area contributed by atoms with E-state index in [0.717, 1.165) is 5.41 Å². The molecule has 0 aromatic rings. The van der Waals surface area contributed by atoms with Crippen LogP contribution >= 0.6 is 0 Å². The van der Waals surface area contributed by atoms with Crippen LogP contribution in [0.4, 0.5) is 0 Å². The summed E-state index contributed by atoms with van der Waals surface area (Å²) < 4.78 is 0. The summed E-state index contributed by atoms with van der Waals surface area (Å²) in [6.07, 6.45) is 8.89. The Labute approximate surface area is 76.9 Å². The molecule has 1 heteroatoms. The average Bonchev–Trinajstić information content (AvgIpc) is 2.58. The third-order valence-electron chi connectivity index (χ3n) is 3.22. The molecule has 1 aliphatic heterocycles. The number of hydrogen-bond acceptors (Lipinski definition) is 1. The molecule has 0 radical (unpaired) electrons. The molecule has 0 atom stereocenters. The van der Waals surface area contributed by atoms with Crippen LogP contribution in [-0.2, 0) is 0 Å². The van der Waals surface area contributed by atoms with Gasteiger partial charge in [-0.15, -0.1) is 0 Å². The molecule has 0 unspecified atom stereocenters. The second-order valence-electron chi connectivity index (χ2n) is 3.99. The molecule has 1 spiro atoms. The van der Waals surface area contributed by atoms with Gasteiger partial charge in [0, 0.05) is 6.54 Å². The van der Waals surface area contributed by atoms with E-state index in [9.17, 15) is 0 Å². The largest absolute Gasteiger partial charge is 0.316 e. The van der Waals surface area contributed by atoms with Crippen molar-refractivity contribution in [3.05, 3.63) is 0 Å². The number of piperidine rings is 1. The van der Waals surface area contributed by atoms with Crippen molar-refractivity contribution in [2.75, 3.05) is 13.1 Å². The van der Waals surface area contributed by atoms with E-state index in [1.165, 1.54) is 51.6 Å². The third-order valence-corrected chi connectivity index (χ3v) is 3.22. The van der Waals surface area contributed by atoms with Crippen molar-refractivity contribution >= 4 is 0 Å². The number of nitrogens with one attached hydrogen (secondary N) is 1. The fourth-order valence-electron chi connectivity index (χ4n) is 2.58. The molecule has 12 heavy (non-hydrogen) atoms. The van der Waals surface area contributed by atoms with Gasteiger partial charge >= 0.3 is 0 Å². The molecule has 0 aromatic heterocycles. The molecule has 0 aromatic carbocycles. The van der Waals surface area contributed by atoms with Crippen molar-refractivity contribution in [2.45, 2.75) is 52.4 Å². The summed E-state index contributed by atoms with van der Waals surface area (Å²) in [4.78, 5) is 0. The number of hydrogen-bond donors (Lipinski definition) is 1. The van der Waals surface area contributed by atoms with E-state index in [0.29, 0.717) is 0 Å². The first-order chi connectivity index (χ1) is 5.91. The second-order valence-corrected chi connectivity index (χ2v) is 3.99. The molecule has 2 rings (SSSR count). The topological polar surface area (TPSA) is 12.0 Å². The smallest absolute Gasteiger partial charge is 0.000781 e. The summed E-state index contributed by atoms with van der Waals surface area (Å²) in [5.74, 6) is 0. The summed E-state index contributed by atoms with van der Waals surface area (Å²) in [5, 5.41) is 3.52. The summed E-state index contributed by atoms with van der Waals surface area (Å²) in [5.41, 5.74) is 0.762.